The average Bonchev–Trinajstić information content (AvgIpc) is 3.55. The molecule has 4 heterocycles. The van der Waals surface area contributed by atoms with Crippen molar-refractivity contribution in [3.05, 3.63) is 71.0 Å². The third kappa shape index (κ3) is 13.4. The van der Waals surface area contributed by atoms with Crippen molar-refractivity contribution in [2.45, 2.75) is 44.3 Å². The minimum atomic E-state index is -1.30. The lowest BCUT2D eigenvalue weighted by Gasteiger charge is -2.27. The number of hydrogen-bond acceptors (Lipinski definition) is 19. The molecule has 0 radical (unpaired) electrons. The van der Waals surface area contributed by atoms with Gasteiger partial charge in [-0.25, -0.2) is 14.8 Å². The van der Waals surface area contributed by atoms with Crippen LogP contribution >= 0.6 is 0 Å². The van der Waals surface area contributed by atoms with Crippen LogP contribution in [0.2, 0.25) is 0 Å². The van der Waals surface area contributed by atoms with E-state index in [1.807, 2.05) is 11.9 Å². The van der Waals surface area contributed by atoms with E-state index in [2.05, 4.69) is 41.2 Å². The number of ether oxygens (including phenoxy) is 4. The molecule has 2 aromatic carbocycles. The van der Waals surface area contributed by atoms with Crippen molar-refractivity contribution in [2.24, 2.45) is 0 Å². The summed E-state index contributed by atoms with van der Waals surface area (Å²) in [5, 5.41) is 19.6. The van der Waals surface area contributed by atoms with Crippen molar-refractivity contribution in [1.29, 1.82) is 0 Å². The zero-order valence-electron chi connectivity index (χ0n) is 36.9. The van der Waals surface area contributed by atoms with Crippen molar-refractivity contribution < 1.29 is 62.4 Å². The number of rotatable bonds is 25. The molecule has 0 saturated carbocycles. The first kappa shape index (κ1) is 49.5. The molecule has 0 bridgehead atoms. The fourth-order valence-electron chi connectivity index (χ4n) is 6.93. The highest BCUT2D eigenvalue weighted by atomic mass is 16.5. The van der Waals surface area contributed by atoms with Crippen molar-refractivity contribution in [2.75, 3.05) is 82.8 Å². The molecule has 4 aromatic rings. The van der Waals surface area contributed by atoms with Gasteiger partial charge in [-0.1, -0.05) is 0 Å². The number of nitrogens with one attached hydrogen (secondary N) is 4. The summed E-state index contributed by atoms with van der Waals surface area (Å²) in [6.45, 7) is 1.71. The largest absolute Gasteiger partial charge is 0.484 e. The Kier molecular flexibility index (Phi) is 17.1. The first-order valence-corrected chi connectivity index (χ1v) is 21.3. The number of aromatic nitrogens is 4. The highest BCUT2D eigenvalue weighted by molar-refractivity contribution is 6.23. The number of carbonyl (C=O) groups excluding carboxylic acids is 7. The second-order valence-corrected chi connectivity index (χ2v) is 15.3. The molecule has 0 aliphatic carbocycles. The van der Waals surface area contributed by atoms with Crippen molar-refractivity contribution in [3.63, 3.8) is 0 Å². The van der Waals surface area contributed by atoms with E-state index in [0.717, 1.165) is 10.6 Å². The van der Waals surface area contributed by atoms with Crippen LogP contribution in [0.25, 0.3) is 11.2 Å². The zero-order valence-corrected chi connectivity index (χ0v) is 36.9. The Hall–Kier alpha value is -7.90. The molecule has 2 atom stereocenters. The number of nitrogens with zero attached hydrogens (tertiary/aromatic N) is 6. The van der Waals surface area contributed by atoms with Crippen LogP contribution in [0.15, 0.2) is 48.7 Å². The molecule has 1 fully saturated rings. The number of aliphatic carboxylic acids is 1. The SMILES string of the molecule is CN(Cc1cnc2nc(N)nc(N)c2n1)c1ccc(C(=O)N[C@H](CCC(=O)NCCOCCOCCOCCNC(=O)COc2ccc3c(c2)C(=O)N(C2CCC(=O)NC2=O)C3=O)C(=O)O)cc1. The molecular weight excluding hydrogens is 893 g/mol. The zero-order chi connectivity index (χ0) is 48.7. The van der Waals surface area contributed by atoms with Gasteiger partial charge in [-0.2, -0.15) is 9.97 Å². The Balaban J connectivity index is 0.761. The monoisotopic (exact) mass is 942 g/mol. The van der Waals surface area contributed by atoms with Crippen molar-refractivity contribution >= 4 is 75.9 Å². The number of piperidine rings is 1. The lowest BCUT2D eigenvalue weighted by molar-refractivity contribution is -0.140. The van der Waals surface area contributed by atoms with Gasteiger partial charge in [0.1, 0.15) is 17.8 Å². The van der Waals surface area contributed by atoms with Crippen LogP contribution in [0.4, 0.5) is 17.5 Å². The molecule has 68 heavy (non-hydrogen) atoms. The molecule has 7 amide bonds. The fourth-order valence-corrected chi connectivity index (χ4v) is 6.93. The van der Waals surface area contributed by atoms with Gasteiger partial charge in [0, 0.05) is 44.2 Å². The third-order valence-corrected chi connectivity index (χ3v) is 10.4. The molecule has 1 unspecified atom stereocenters. The van der Waals surface area contributed by atoms with Crippen LogP contribution in [0.1, 0.15) is 62.5 Å². The van der Waals surface area contributed by atoms with Gasteiger partial charge in [0.2, 0.25) is 23.7 Å². The van der Waals surface area contributed by atoms with E-state index in [4.69, 9.17) is 30.4 Å². The van der Waals surface area contributed by atoms with Gasteiger partial charge >= 0.3 is 5.97 Å². The fraction of sp³-hybridized carbons (Fsp3) is 0.395. The van der Waals surface area contributed by atoms with Crippen LogP contribution in [-0.2, 0) is 44.7 Å². The second-order valence-electron chi connectivity index (χ2n) is 15.3. The van der Waals surface area contributed by atoms with E-state index in [-0.39, 0.29) is 125 Å². The molecular formula is C43H50N12O13. The van der Waals surface area contributed by atoms with Gasteiger partial charge in [0.05, 0.1) is 69.2 Å². The van der Waals surface area contributed by atoms with E-state index in [0.29, 0.717) is 17.8 Å². The van der Waals surface area contributed by atoms with Gasteiger partial charge in [-0.05, 0) is 55.3 Å². The molecule has 360 valence electrons. The van der Waals surface area contributed by atoms with Crippen LogP contribution in [0.3, 0.4) is 0 Å². The molecule has 25 nitrogen and oxygen atoms in total. The van der Waals surface area contributed by atoms with Crippen LogP contribution in [-0.4, -0.2) is 156 Å². The molecule has 2 aliphatic rings. The number of carboxylic acid groups (broad SMARTS) is 1. The Morgan fingerprint density at radius 1 is 0.868 bits per heavy atom. The Labute approximate surface area is 387 Å². The summed E-state index contributed by atoms with van der Waals surface area (Å²) < 4.78 is 21.8. The summed E-state index contributed by atoms with van der Waals surface area (Å²) >= 11 is 0. The summed E-state index contributed by atoms with van der Waals surface area (Å²) in [6.07, 6.45) is 1.30. The molecule has 6 rings (SSSR count). The van der Waals surface area contributed by atoms with Gasteiger partial charge in [0.25, 0.3) is 23.6 Å². The summed E-state index contributed by atoms with van der Waals surface area (Å²) in [7, 11) is 1.81. The van der Waals surface area contributed by atoms with Crippen LogP contribution in [0, 0.1) is 0 Å². The Morgan fingerprint density at radius 3 is 2.21 bits per heavy atom. The van der Waals surface area contributed by atoms with Crippen LogP contribution in [0.5, 0.6) is 5.75 Å². The molecule has 2 aromatic heterocycles. The van der Waals surface area contributed by atoms with E-state index in [1.54, 1.807) is 30.5 Å². The number of amides is 7. The van der Waals surface area contributed by atoms with Crippen LogP contribution < -0.4 is 42.4 Å². The number of carbonyl (C=O) groups is 8. The molecule has 1 saturated heterocycles. The van der Waals surface area contributed by atoms with E-state index in [1.165, 1.54) is 18.2 Å². The molecule has 0 spiro atoms. The normalized spacial score (nSPS) is 14.8. The van der Waals surface area contributed by atoms with E-state index >= 15 is 0 Å². The quantitative estimate of drug-likeness (QED) is 0.0308. The maximum Gasteiger partial charge on any atom is 0.326 e. The predicted molar refractivity (Wildman–Crippen MR) is 238 cm³/mol. The Morgan fingerprint density at radius 2 is 1.53 bits per heavy atom. The number of imide groups is 2. The maximum atomic E-state index is 13.0. The highest BCUT2D eigenvalue weighted by Gasteiger charge is 2.44. The Bertz CT molecular complexity index is 2540. The molecule has 2 aliphatic heterocycles. The smallest absolute Gasteiger partial charge is 0.326 e. The number of nitrogen functional groups attached to an aromatic ring is 2. The topological polar surface area (TPSA) is 352 Å². The van der Waals surface area contributed by atoms with Gasteiger partial charge in [-0.3, -0.25) is 43.8 Å². The lowest BCUT2D eigenvalue weighted by atomic mass is 10.0. The number of carboxylic acids is 1. The summed E-state index contributed by atoms with van der Waals surface area (Å²) in [6, 6.07) is 8.26. The number of anilines is 3. The van der Waals surface area contributed by atoms with Gasteiger partial charge in [0.15, 0.2) is 23.6 Å². The number of benzene rings is 2. The first-order chi connectivity index (χ1) is 32.7. The summed E-state index contributed by atoms with van der Waals surface area (Å²) in [5.74, 6) is -5.00. The highest BCUT2D eigenvalue weighted by Crippen LogP contribution is 2.30. The molecule has 9 N–H and O–H groups in total. The standard InChI is InChI=1S/C43H50N12O13/c1-54(22-25-21-48-37-35(49-25)36(44)52-43(45)53-37)26-4-2-24(3-5-26)38(59)50-30(42(63)64)8-10-32(56)46-12-14-65-16-18-67-19-17-66-15-13-47-34(58)23-68-27-6-7-28-29(20-27)41(62)55(40(28)61)31-9-11-33(57)51-39(31)60/h2-7,20-21,30-31H,8-19,22-23H2,1H3,(H,46,56)(H,47,58)(H,50,59)(H,63,64)(H,51,57,60)(H4,44,45,48,52,53)/t30-,31?/m1/s1. The lowest BCUT2D eigenvalue weighted by Crippen LogP contribution is -2.54. The van der Waals surface area contributed by atoms with E-state index < -0.39 is 59.4 Å². The second kappa shape index (κ2) is 23.5. The first-order valence-electron chi connectivity index (χ1n) is 21.3. The average molecular weight is 943 g/mol. The molecule has 25 heteroatoms. The van der Waals surface area contributed by atoms with E-state index in [9.17, 15) is 43.5 Å². The number of fused-ring (bicyclic) bond motifs is 2. The minimum absolute atomic E-state index is 0.00421. The van der Waals surface area contributed by atoms with Gasteiger partial charge in [-0.15, -0.1) is 0 Å². The predicted octanol–water partition coefficient (Wildman–Crippen LogP) is -1.05. The third-order valence-electron chi connectivity index (χ3n) is 10.4. The van der Waals surface area contributed by atoms with Gasteiger partial charge < -0.3 is 56.4 Å². The number of nitrogens with two attached hydrogens (primary N) is 2. The maximum absolute atomic E-state index is 13.0. The summed E-state index contributed by atoms with van der Waals surface area (Å²) in [5.41, 5.74) is 13.8. The summed E-state index contributed by atoms with van der Waals surface area (Å²) in [4.78, 5) is 118. The van der Waals surface area contributed by atoms with Crippen molar-refractivity contribution in [1.82, 2.24) is 46.1 Å². The minimum Gasteiger partial charge on any atom is -0.484 e. The van der Waals surface area contributed by atoms with Crippen molar-refractivity contribution in [3.8, 4) is 5.75 Å². The number of hydrogen-bond donors (Lipinski definition) is 7.